The molecule has 0 N–H and O–H groups in total. The van der Waals surface area contributed by atoms with Crippen molar-refractivity contribution in [3.05, 3.63) is 58.2 Å². The van der Waals surface area contributed by atoms with Gasteiger partial charge in [0.2, 0.25) is 0 Å². The van der Waals surface area contributed by atoms with Crippen molar-refractivity contribution in [2.24, 2.45) is 11.8 Å². The van der Waals surface area contributed by atoms with Crippen LogP contribution in [0, 0.1) is 11.8 Å². The molecule has 0 aromatic carbocycles. The van der Waals surface area contributed by atoms with Gasteiger partial charge in [-0.2, -0.15) is 0 Å². The number of carbonyl (C=O) groups is 1. The van der Waals surface area contributed by atoms with Crippen molar-refractivity contribution >= 4 is 5.78 Å². The number of ketones is 1. The molecule has 0 aliphatic carbocycles. The van der Waals surface area contributed by atoms with Gasteiger partial charge in [-0.25, -0.2) is 0 Å². The van der Waals surface area contributed by atoms with Gasteiger partial charge in [0, 0.05) is 13.5 Å². The number of methoxy groups -OCH3 is 1. The number of hydrogen-bond acceptors (Lipinski definition) is 2. The van der Waals surface area contributed by atoms with E-state index in [1.165, 1.54) is 94.6 Å². The van der Waals surface area contributed by atoms with Gasteiger partial charge in [-0.3, -0.25) is 4.79 Å². The van der Waals surface area contributed by atoms with E-state index in [1.807, 2.05) is 13.8 Å². The van der Waals surface area contributed by atoms with Gasteiger partial charge in [-0.05, 0) is 157 Å². The molecule has 43 heavy (non-hydrogen) atoms. The molecule has 0 radical (unpaired) electrons. The van der Waals surface area contributed by atoms with Gasteiger partial charge in [0.05, 0.1) is 0 Å². The summed E-state index contributed by atoms with van der Waals surface area (Å²) >= 11 is 0. The number of carbonyl (C=O) groups excluding carboxylic acids is 1. The lowest BCUT2D eigenvalue weighted by molar-refractivity contribution is -0.137. The Balaban J connectivity index is 4.03. The Morgan fingerprint density at radius 1 is 0.558 bits per heavy atom. The zero-order chi connectivity index (χ0) is 32.7. The van der Waals surface area contributed by atoms with E-state index in [1.54, 1.807) is 23.8 Å². The van der Waals surface area contributed by atoms with E-state index >= 15 is 0 Å². The fourth-order valence-corrected chi connectivity index (χ4v) is 5.31. The van der Waals surface area contributed by atoms with E-state index in [0.29, 0.717) is 6.42 Å². The topological polar surface area (TPSA) is 26.3 Å². The maximum atomic E-state index is 12.2. The van der Waals surface area contributed by atoms with Gasteiger partial charge in [-0.1, -0.05) is 78.5 Å². The van der Waals surface area contributed by atoms with Crippen LogP contribution in [0.5, 0.6) is 0 Å². The highest BCUT2D eigenvalue weighted by atomic mass is 16.5. The Kier molecular flexibility index (Phi) is 23.7. The van der Waals surface area contributed by atoms with Crippen LogP contribution in [0.2, 0.25) is 0 Å². The van der Waals surface area contributed by atoms with Crippen molar-refractivity contribution in [2.45, 2.75) is 178 Å². The third-order valence-electron chi connectivity index (χ3n) is 9.01. The average Bonchev–Trinajstić information content (AvgIpc) is 2.93. The first-order valence-electron chi connectivity index (χ1n) is 17.6. The second-order valence-electron chi connectivity index (χ2n) is 14.4. The lowest BCUT2D eigenvalue weighted by Crippen LogP contribution is -2.33. The molecule has 0 amide bonds. The molecule has 2 atom stereocenters. The molecule has 1 unspecified atom stereocenters. The van der Waals surface area contributed by atoms with Gasteiger partial charge in [0.15, 0.2) is 5.78 Å². The van der Waals surface area contributed by atoms with Crippen LogP contribution < -0.4 is 0 Å². The summed E-state index contributed by atoms with van der Waals surface area (Å²) in [4.78, 5) is 12.2. The van der Waals surface area contributed by atoms with Crippen molar-refractivity contribution < 1.29 is 9.53 Å². The van der Waals surface area contributed by atoms with Crippen LogP contribution in [0.15, 0.2) is 58.2 Å². The zero-order valence-electron chi connectivity index (χ0n) is 30.7. The third kappa shape index (κ3) is 24.3. The Bertz CT molecular complexity index is 904. The standard InChI is InChI=1S/C41H72O2/c1-33(2)19-14-22-36(5)25-17-28-37(6)26-15-23-34(3)20-12-13-21-35(4)24-16-27-38(7)29-18-30-39(8)31-32-40(42)41(9,10)43-11/h19,21,23,25,30,37-38H,12-18,20,22,24,26-29,31-32H2,1-11H3/b34-23+,35-21+,36-25+,39-30+/t37-,38?/m0/s1. The number of rotatable bonds is 25. The van der Waals surface area contributed by atoms with E-state index in [2.05, 4.69) is 85.8 Å². The molecule has 0 aromatic rings. The van der Waals surface area contributed by atoms with E-state index in [0.717, 1.165) is 24.7 Å². The summed E-state index contributed by atoms with van der Waals surface area (Å²) in [7, 11) is 1.61. The Morgan fingerprint density at radius 2 is 1.00 bits per heavy atom. The lowest BCUT2D eigenvalue weighted by atomic mass is 9.95. The number of allylic oxidation sites excluding steroid dienone is 10. The van der Waals surface area contributed by atoms with E-state index in [4.69, 9.17) is 4.74 Å². The summed E-state index contributed by atoms with van der Waals surface area (Å²) in [6.45, 7) is 21.9. The predicted molar refractivity (Wildman–Crippen MR) is 193 cm³/mol. The Hall–Kier alpha value is -1.67. The number of Topliss-reactive ketones (excluding diaryl/α,β-unsaturated/α-hetero) is 1. The van der Waals surface area contributed by atoms with Crippen LogP contribution in [0.4, 0.5) is 0 Å². The summed E-state index contributed by atoms with van der Waals surface area (Å²) in [5.74, 6) is 1.73. The lowest BCUT2D eigenvalue weighted by Gasteiger charge is -2.21. The van der Waals surface area contributed by atoms with Crippen LogP contribution in [-0.2, 0) is 9.53 Å². The molecular formula is C41H72O2. The quantitative estimate of drug-likeness (QED) is 0.0774. The normalized spacial score (nSPS) is 15.0. The maximum absolute atomic E-state index is 12.2. The molecule has 0 aromatic heterocycles. The van der Waals surface area contributed by atoms with Gasteiger partial charge < -0.3 is 4.74 Å². The maximum Gasteiger partial charge on any atom is 0.164 e. The summed E-state index contributed by atoms with van der Waals surface area (Å²) in [5, 5.41) is 0. The van der Waals surface area contributed by atoms with E-state index in [9.17, 15) is 4.79 Å². The van der Waals surface area contributed by atoms with Crippen molar-refractivity contribution in [1.29, 1.82) is 0 Å². The summed E-state index contributed by atoms with van der Waals surface area (Å²) in [6, 6.07) is 0. The van der Waals surface area contributed by atoms with Crippen LogP contribution in [0.25, 0.3) is 0 Å². The fraction of sp³-hybridized carbons (Fsp3) is 0.732. The molecule has 0 aliphatic heterocycles. The van der Waals surface area contributed by atoms with Crippen LogP contribution in [0.3, 0.4) is 0 Å². The molecule has 2 nitrogen and oxygen atoms in total. The second-order valence-corrected chi connectivity index (χ2v) is 14.4. The van der Waals surface area contributed by atoms with Gasteiger partial charge >= 0.3 is 0 Å². The minimum Gasteiger partial charge on any atom is -0.371 e. The highest BCUT2D eigenvalue weighted by Gasteiger charge is 2.25. The highest BCUT2D eigenvalue weighted by Crippen LogP contribution is 2.21. The molecule has 0 rings (SSSR count). The predicted octanol–water partition coefficient (Wildman–Crippen LogP) is 13.2. The van der Waals surface area contributed by atoms with E-state index in [-0.39, 0.29) is 5.78 Å². The molecule has 0 bridgehead atoms. The summed E-state index contributed by atoms with van der Waals surface area (Å²) < 4.78 is 5.30. The fourth-order valence-electron chi connectivity index (χ4n) is 5.31. The molecule has 0 spiro atoms. The van der Waals surface area contributed by atoms with Crippen molar-refractivity contribution in [3.8, 4) is 0 Å². The molecule has 0 fully saturated rings. The van der Waals surface area contributed by atoms with Crippen LogP contribution >= 0.6 is 0 Å². The average molecular weight is 597 g/mol. The van der Waals surface area contributed by atoms with Crippen LogP contribution in [-0.4, -0.2) is 18.5 Å². The molecule has 0 aliphatic rings. The summed E-state index contributed by atoms with van der Waals surface area (Å²) in [5.41, 5.74) is 6.75. The van der Waals surface area contributed by atoms with E-state index < -0.39 is 5.60 Å². The second kappa shape index (κ2) is 24.6. The van der Waals surface area contributed by atoms with Crippen LogP contribution in [0.1, 0.15) is 172 Å². The van der Waals surface area contributed by atoms with Gasteiger partial charge in [0.1, 0.15) is 5.60 Å². The number of hydrogen-bond donors (Lipinski definition) is 0. The Morgan fingerprint density at radius 3 is 1.51 bits per heavy atom. The number of unbranched alkanes of at least 4 members (excludes halogenated alkanes) is 1. The van der Waals surface area contributed by atoms with Gasteiger partial charge in [-0.15, -0.1) is 0 Å². The number of ether oxygens (including phenoxy) is 1. The molecular weight excluding hydrogens is 524 g/mol. The first kappa shape index (κ1) is 41.3. The first-order valence-corrected chi connectivity index (χ1v) is 17.6. The minimum atomic E-state index is -0.668. The molecule has 0 heterocycles. The highest BCUT2D eigenvalue weighted by molar-refractivity contribution is 5.86. The smallest absolute Gasteiger partial charge is 0.164 e. The molecule has 0 saturated carbocycles. The first-order chi connectivity index (χ1) is 20.3. The third-order valence-corrected chi connectivity index (χ3v) is 9.01. The molecule has 248 valence electrons. The van der Waals surface area contributed by atoms with Gasteiger partial charge in [0.25, 0.3) is 0 Å². The zero-order valence-corrected chi connectivity index (χ0v) is 30.7. The summed E-state index contributed by atoms with van der Waals surface area (Å²) in [6.07, 6.45) is 30.8. The SMILES string of the molecule is COC(C)(C)C(=O)CC/C(C)=C/CCC(C)CCC/C(C)=C/CCC/C(C)=C/CC[C@H](C)CC/C=C(\C)CCC=C(C)C. The largest absolute Gasteiger partial charge is 0.371 e. The monoisotopic (exact) mass is 597 g/mol. The molecule has 2 heteroatoms. The van der Waals surface area contributed by atoms with Crippen molar-refractivity contribution in [1.82, 2.24) is 0 Å². The van der Waals surface area contributed by atoms with Crippen molar-refractivity contribution in [2.75, 3.05) is 7.11 Å². The minimum absolute atomic E-state index is 0.183. The molecule has 0 saturated heterocycles. The Labute approximate surface area is 269 Å². The van der Waals surface area contributed by atoms with Crippen molar-refractivity contribution in [3.63, 3.8) is 0 Å².